The van der Waals surface area contributed by atoms with Crippen molar-refractivity contribution in [2.24, 2.45) is 5.73 Å². The van der Waals surface area contributed by atoms with Crippen molar-refractivity contribution in [2.45, 2.75) is 19.5 Å². The standard InChI is InChI=1S/C13H16BrN3O/c1-2-17-13(11(14)8-16-17)12(15)9-18-10-6-4-3-5-7-10/h3-8,12H,2,9,15H2,1H3. The molecule has 2 aromatic rings. The number of aryl methyl sites for hydroxylation is 1. The van der Waals surface area contributed by atoms with Crippen molar-refractivity contribution < 1.29 is 4.74 Å². The summed E-state index contributed by atoms with van der Waals surface area (Å²) in [6, 6.07) is 9.45. The molecule has 0 aliphatic rings. The molecule has 4 nitrogen and oxygen atoms in total. The molecular formula is C13H16BrN3O. The molecule has 1 unspecified atom stereocenters. The molecule has 1 atom stereocenters. The highest BCUT2D eigenvalue weighted by Crippen LogP contribution is 2.22. The van der Waals surface area contributed by atoms with E-state index >= 15 is 0 Å². The van der Waals surface area contributed by atoms with Crippen LogP contribution in [0.5, 0.6) is 5.75 Å². The Kier molecular flexibility index (Phi) is 4.38. The Bertz CT molecular complexity index is 498. The summed E-state index contributed by atoms with van der Waals surface area (Å²) in [4.78, 5) is 0. The molecule has 0 aliphatic carbocycles. The molecule has 0 radical (unpaired) electrons. The van der Waals surface area contributed by atoms with Crippen LogP contribution < -0.4 is 10.5 Å². The quantitative estimate of drug-likeness (QED) is 0.924. The van der Waals surface area contributed by atoms with Crippen molar-refractivity contribution in [2.75, 3.05) is 6.61 Å². The second-order valence-electron chi connectivity index (χ2n) is 3.92. The lowest BCUT2D eigenvalue weighted by atomic mass is 10.2. The molecule has 0 aliphatic heterocycles. The van der Waals surface area contributed by atoms with Crippen molar-refractivity contribution in [1.29, 1.82) is 0 Å². The molecule has 2 N–H and O–H groups in total. The second-order valence-corrected chi connectivity index (χ2v) is 4.78. The highest BCUT2D eigenvalue weighted by molar-refractivity contribution is 9.10. The molecule has 0 bridgehead atoms. The number of para-hydroxylation sites is 1. The SMILES string of the molecule is CCn1ncc(Br)c1C(N)COc1ccccc1. The Balaban J connectivity index is 2.03. The fourth-order valence-corrected chi connectivity index (χ4v) is 2.36. The van der Waals surface area contributed by atoms with Gasteiger partial charge >= 0.3 is 0 Å². The number of aromatic nitrogens is 2. The summed E-state index contributed by atoms with van der Waals surface area (Å²) in [7, 11) is 0. The summed E-state index contributed by atoms with van der Waals surface area (Å²) < 4.78 is 8.46. The number of halogens is 1. The number of nitrogens with zero attached hydrogens (tertiary/aromatic N) is 2. The first-order chi connectivity index (χ1) is 8.72. The molecule has 0 spiro atoms. The van der Waals surface area contributed by atoms with Gasteiger partial charge in [-0.3, -0.25) is 4.68 Å². The zero-order valence-corrected chi connectivity index (χ0v) is 11.8. The first-order valence-electron chi connectivity index (χ1n) is 5.87. The molecular weight excluding hydrogens is 294 g/mol. The van der Waals surface area contributed by atoms with Crippen LogP contribution in [0.4, 0.5) is 0 Å². The van der Waals surface area contributed by atoms with Gasteiger partial charge in [0.15, 0.2) is 0 Å². The van der Waals surface area contributed by atoms with E-state index in [1.54, 1.807) is 6.20 Å². The van der Waals surface area contributed by atoms with Crippen LogP contribution in [-0.4, -0.2) is 16.4 Å². The summed E-state index contributed by atoms with van der Waals surface area (Å²) in [5.41, 5.74) is 7.11. The maximum Gasteiger partial charge on any atom is 0.119 e. The maximum atomic E-state index is 6.15. The molecule has 5 heteroatoms. The Morgan fingerprint density at radius 2 is 2.11 bits per heavy atom. The van der Waals surface area contributed by atoms with Gasteiger partial charge in [0.1, 0.15) is 12.4 Å². The minimum absolute atomic E-state index is 0.206. The normalized spacial score (nSPS) is 12.4. The van der Waals surface area contributed by atoms with Gasteiger partial charge in [0, 0.05) is 6.54 Å². The predicted molar refractivity (Wildman–Crippen MR) is 74.5 cm³/mol. The van der Waals surface area contributed by atoms with E-state index in [4.69, 9.17) is 10.5 Å². The topological polar surface area (TPSA) is 53.1 Å². The minimum Gasteiger partial charge on any atom is -0.492 e. The lowest BCUT2D eigenvalue weighted by Gasteiger charge is -2.15. The van der Waals surface area contributed by atoms with Crippen molar-refractivity contribution in [3.63, 3.8) is 0 Å². The largest absolute Gasteiger partial charge is 0.492 e. The van der Waals surface area contributed by atoms with Crippen LogP contribution in [0.2, 0.25) is 0 Å². The maximum absolute atomic E-state index is 6.15. The van der Waals surface area contributed by atoms with Crippen molar-refractivity contribution >= 4 is 15.9 Å². The molecule has 96 valence electrons. The third-order valence-corrected chi connectivity index (χ3v) is 3.27. The van der Waals surface area contributed by atoms with Crippen LogP contribution in [0, 0.1) is 0 Å². The van der Waals surface area contributed by atoms with Gasteiger partial charge < -0.3 is 10.5 Å². The average molecular weight is 310 g/mol. The van der Waals surface area contributed by atoms with Gasteiger partial charge in [-0.15, -0.1) is 0 Å². The minimum atomic E-state index is -0.206. The van der Waals surface area contributed by atoms with Crippen LogP contribution in [0.15, 0.2) is 41.0 Å². The van der Waals surface area contributed by atoms with Gasteiger partial charge in [0.25, 0.3) is 0 Å². The monoisotopic (exact) mass is 309 g/mol. The van der Waals surface area contributed by atoms with E-state index in [1.807, 2.05) is 41.9 Å². The molecule has 1 heterocycles. The molecule has 0 saturated carbocycles. The van der Waals surface area contributed by atoms with E-state index in [-0.39, 0.29) is 6.04 Å². The summed E-state index contributed by atoms with van der Waals surface area (Å²) in [6.07, 6.45) is 1.77. The number of nitrogens with two attached hydrogens (primary N) is 1. The van der Waals surface area contributed by atoms with Crippen molar-refractivity contribution in [3.05, 3.63) is 46.7 Å². The number of hydrogen-bond acceptors (Lipinski definition) is 3. The van der Waals surface area contributed by atoms with E-state index in [1.165, 1.54) is 0 Å². The highest BCUT2D eigenvalue weighted by atomic mass is 79.9. The molecule has 1 aromatic heterocycles. The lowest BCUT2D eigenvalue weighted by Crippen LogP contribution is -2.23. The Morgan fingerprint density at radius 3 is 2.78 bits per heavy atom. The molecule has 0 amide bonds. The Labute approximate surface area is 115 Å². The smallest absolute Gasteiger partial charge is 0.119 e. The Hall–Kier alpha value is -1.33. The van der Waals surface area contributed by atoms with Gasteiger partial charge in [-0.05, 0) is 35.0 Å². The summed E-state index contributed by atoms with van der Waals surface area (Å²) in [6.45, 7) is 3.25. The van der Waals surface area contributed by atoms with Gasteiger partial charge in [-0.1, -0.05) is 18.2 Å². The van der Waals surface area contributed by atoms with Gasteiger partial charge in [-0.2, -0.15) is 5.10 Å². The van der Waals surface area contributed by atoms with Gasteiger partial charge in [0.2, 0.25) is 0 Å². The van der Waals surface area contributed by atoms with Gasteiger partial charge in [0.05, 0.1) is 22.4 Å². The van der Waals surface area contributed by atoms with Crippen LogP contribution in [0.1, 0.15) is 18.7 Å². The predicted octanol–water partition coefficient (Wildman–Crippen LogP) is 2.74. The van der Waals surface area contributed by atoms with E-state index in [2.05, 4.69) is 21.0 Å². The van der Waals surface area contributed by atoms with Crippen molar-refractivity contribution in [3.8, 4) is 5.75 Å². The fourth-order valence-electron chi connectivity index (χ4n) is 1.77. The van der Waals surface area contributed by atoms with Gasteiger partial charge in [-0.25, -0.2) is 0 Å². The van der Waals surface area contributed by atoms with Crippen LogP contribution >= 0.6 is 15.9 Å². The Morgan fingerprint density at radius 1 is 1.39 bits per heavy atom. The fraction of sp³-hybridized carbons (Fsp3) is 0.308. The first-order valence-corrected chi connectivity index (χ1v) is 6.66. The zero-order valence-electron chi connectivity index (χ0n) is 10.2. The number of rotatable bonds is 5. The lowest BCUT2D eigenvalue weighted by molar-refractivity contribution is 0.284. The van der Waals surface area contributed by atoms with Crippen LogP contribution in [0.25, 0.3) is 0 Å². The number of ether oxygens (including phenoxy) is 1. The number of hydrogen-bond donors (Lipinski definition) is 1. The first kappa shape index (κ1) is 13.1. The average Bonchev–Trinajstić information content (AvgIpc) is 2.78. The van der Waals surface area contributed by atoms with Crippen LogP contribution in [-0.2, 0) is 6.54 Å². The number of benzene rings is 1. The molecule has 2 rings (SSSR count). The van der Waals surface area contributed by atoms with E-state index in [0.29, 0.717) is 6.61 Å². The summed E-state index contributed by atoms with van der Waals surface area (Å²) in [5, 5.41) is 4.24. The van der Waals surface area contributed by atoms with E-state index < -0.39 is 0 Å². The van der Waals surface area contributed by atoms with E-state index in [9.17, 15) is 0 Å². The summed E-state index contributed by atoms with van der Waals surface area (Å²) >= 11 is 3.47. The third kappa shape index (κ3) is 2.91. The third-order valence-electron chi connectivity index (χ3n) is 2.66. The van der Waals surface area contributed by atoms with E-state index in [0.717, 1.165) is 22.5 Å². The zero-order chi connectivity index (χ0) is 13.0. The van der Waals surface area contributed by atoms with Crippen molar-refractivity contribution in [1.82, 2.24) is 9.78 Å². The molecule has 18 heavy (non-hydrogen) atoms. The second kappa shape index (κ2) is 6.02. The molecule has 1 aromatic carbocycles. The molecule has 0 fully saturated rings. The van der Waals surface area contributed by atoms with Crippen LogP contribution in [0.3, 0.4) is 0 Å². The summed E-state index contributed by atoms with van der Waals surface area (Å²) in [5.74, 6) is 0.826. The molecule has 0 saturated heterocycles. The highest BCUT2D eigenvalue weighted by Gasteiger charge is 2.16.